The molecule has 0 saturated heterocycles. The van der Waals surface area contributed by atoms with E-state index < -0.39 is 5.97 Å². The second kappa shape index (κ2) is 11.7. The Morgan fingerprint density at radius 1 is 1.10 bits per heavy atom. The number of aryl methyl sites for hydroxylation is 1. The number of hydrogen-bond acceptors (Lipinski definition) is 6. The molecule has 1 amide bonds. The molecule has 0 spiro atoms. The van der Waals surface area contributed by atoms with Crippen molar-refractivity contribution in [3.8, 4) is 22.8 Å². The quantitative estimate of drug-likeness (QED) is 0.259. The van der Waals surface area contributed by atoms with Crippen LogP contribution >= 0.6 is 11.3 Å². The molecule has 2 aromatic heterocycles. The van der Waals surface area contributed by atoms with E-state index in [0.29, 0.717) is 40.1 Å². The lowest BCUT2D eigenvalue weighted by molar-refractivity contribution is -0.137. The molecule has 6 rings (SSSR count). The Bertz CT molecular complexity index is 1530. The largest absolute Gasteiger partial charge is 0.496 e. The van der Waals surface area contributed by atoms with Crippen molar-refractivity contribution in [2.45, 2.75) is 46.1 Å². The average Bonchev–Trinajstić information content (AvgIpc) is 3.30. The molecule has 2 aliphatic carbocycles. The normalized spacial score (nSPS) is 17.1. The number of rotatable bonds is 8. The van der Waals surface area contributed by atoms with Gasteiger partial charge in [-0.25, -0.2) is 4.98 Å². The van der Waals surface area contributed by atoms with Crippen molar-refractivity contribution in [1.82, 2.24) is 9.55 Å². The predicted octanol–water partition coefficient (Wildman–Crippen LogP) is 6.65. The number of carbonyl (C=O) groups is 2. The van der Waals surface area contributed by atoms with Crippen LogP contribution in [0.5, 0.6) is 11.5 Å². The summed E-state index contributed by atoms with van der Waals surface area (Å²) in [5.41, 5.74) is 3.36. The Kier molecular flexibility index (Phi) is 8.12. The van der Waals surface area contributed by atoms with E-state index in [1.54, 1.807) is 44.4 Å². The third-order valence-electron chi connectivity index (χ3n) is 7.82. The summed E-state index contributed by atoms with van der Waals surface area (Å²) < 4.78 is 12.5. The number of benzene rings is 2. The standard InChI is InChI=1S/C25H25N3O5S.C6H10/c1-5-27(24(31)20-11-16-8-6-7-9-19(16)28(20)13-23(29)30)25-26-18(14-34-25)17-12-21(32-3)15(2)10-22(17)33-4;1-2-5-4-6(5)3-1/h6-12,14H,5,13H2,1-4H3,(H,29,30);5-6H,1-4H2. The van der Waals surface area contributed by atoms with Gasteiger partial charge in [-0.3, -0.25) is 14.5 Å². The predicted molar refractivity (Wildman–Crippen MR) is 158 cm³/mol. The van der Waals surface area contributed by atoms with Gasteiger partial charge in [0.25, 0.3) is 5.91 Å². The van der Waals surface area contributed by atoms with Gasteiger partial charge in [-0.15, -0.1) is 11.3 Å². The second-order valence-corrected chi connectivity index (χ2v) is 11.2. The maximum atomic E-state index is 13.6. The number of thiazole rings is 1. The van der Waals surface area contributed by atoms with Crippen molar-refractivity contribution in [3.63, 3.8) is 0 Å². The minimum Gasteiger partial charge on any atom is -0.496 e. The molecule has 2 saturated carbocycles. The second-order valence-electron chi connectivity index (χ2n) is 10.3. The maximum absolute atomic E-state index is 13.6. The van der Waals surface area contributed by atoms with E-state index in [-0.39, 0.29) is 12.5 Å². The minimum absolute atomic E-state index is 0.303. The lowest BCUT2D eigenvalue weighted by atomic mass is 10.1. The van der Waals surface area contributed by atoms with E-state index in [1.807, 2.05) is 55.6 Å². The van der Waals surface area contributed by atoms with Crippen LogP contribution in [-0.4, -0.2) is 47.3 Å². The summed E-state index contributed by atoms with van der Waals surface area (Å²) in [6.07, 6.45) is 6.24. The number of carboxylic acids is 1. The van der Waals surface area contributed by atoms with Gasteiger partial charge >= 0.3 is 5.97 Å². The molecule has 0 bridgehead atoms. The summed E-state index contributed by atoms with van der Waals surface area (Å²) in [5, 5.41) is 12.6. The molecule has 2 unspecified atom stereocenters. The number of methoxy groups -OCH3 is 2. The molecule has 2 atom stereocenters. The van der Waals surface area contributed by atoms with Crippen molar-refractivity contribution in [2.75, 3.05) is 25.7 Å². The number of para-hydroxylation sites is 1. The van der Waals surface area contributed by atoms with Crippen LogP contribution in [-0.2, 0) is 11.3 Å². The first kappa shape index (κ1) is 27.7. The van der Waals surface area contributed by atoms with Gasteiger partial charge in [0.05, 0.1) is 19.9 Å². The van der Waals surface area contributed by atoms with Gasteiger partial charge in [-0.1, -0.05) is 37.5 Å². The van der Waals surface area contributed by atoms with Crippen LogP contribution in [0.2, 0.25) is 0 Å². The number of hydrogen-bond donors (Lipinski definition) is 1. The zero-order valence-corrected chi connectivity index (χ0v) is 24.2. The highest BCUT2D eigenvalue weighted by Crippen LogP contribution is 2.51. The summed E-state index contributed by atoms with van der Waals surface area (Å²) in [4.78, 5) is 31.4. The van der Waals surface area contributed by atoms with Crippen LogP contribution in [0.1, 0.15) is 48.7 Å². The van der Waals surface area contributed by atoms with Crippen molar-refractivity contribution < 1.29 is 24.2 Å². The number of carboxylic acid groups (broad SMARTS) is 1. The zero-order valence-electron chi connectivity index (χ0n) is 23.3. The SMILES string of the molecule is C1CC2CC2C1.CCN(C(=O)c1cc2ccccc2n1CC(=O)O)c1nc(-c2cc(OC)c(C)cc2OC)cs1. The number of nitrogens with zero attached hydrogens (tertiary/aromatic N) is 3. The molecule has 40 heavy (non-hydrogen) atoms. The monoisotopic (exact) mass is 561 g/mol. The van der Waals surface area contributed by atoms with Gasteiger partial charge in [0.15, 0.2) is 5.13 Å². The fourth-order valence-corrected chi connectivity index (χ4v) is 6.51. The Hall–Kier alpha value is -3.85. The van der Waals surface area contributed by atoms with Gasteiger partial charge in [-0.2, -0.15) is 0 Å². The van der Waals surface area contributed by atoms with Crippen LogP contribution in [0.15, 0.2) is 47.8 Å². The zero-order chi connectivity index (χ0) is 28.4. The molecule has 1 N–H and O–H groups in total. The molecule has 4 aromatic rings. The number of ether oxygens (including phenoxy) is 2. The Morgan fingerprint density at radius 2 is 1.82 bits per heavy atom. The number of aliphatic carboxylic acids is 1. The van der Waals surface area contributed by atoms with Crippen LogP contribution in [0, 0.1) is 18.8 Å². The number of amides is 1. The highest BCUT2D eigenvalue weighted by atomic mass is 32.1. The van der Waals surface area contributed by atoms with Gasteiger partial charge in [-0.05, 0) is 61.9 Å². The molecule has 2 heterocycles. The first-order valence-corrected chi connectivity index (χ1v) is 14.5. The highest BCUT2D eigenvalue weighted by Gasteiger charge is 2.40. The first-order valence-electron chi connectivity index (χ1n) is 13.6. The summed E-state index contributed by atoms with van der Waals surface area (Å²) >= 11 is 1.34. The summed E-state index contributed by atoms with van der Waals surface area (Å²) in [6, 6.07) is 12.8. The van der Waals surface area contributed by atoms with Crippen molar-refractivity contribution in [3.05, 3.63) is 59.1 Å². The minimum atomic E-state index is -1.02. The Labute approximate surface area is 238 Å². The number of aromatic nitrogens is 2. The molecule has 2 fully saturated rings. The third kappa shape index (κ3) is 5.56. The molecule has 0 radical (unpaired) electrons. The van der Waals surface area contributed by atoms with E-state index in [0.717, 1.165) is 16.5 Å². The third-order valence-corrected chi connectivity index (χ3v) is 8.68. The Balaban J connectivity index is 0.000000467. The summed E-state index contributed by atoms with van der Waals surface area (Å²) in [7, 11) is 3.21. The van der Waals surface area contributed by atoms with E-state index in [2.05, 4.69) is 0 Å². The van der Waals surface area contributed by atoms with E-state index in [9.17, 15) is 14.7 Å². The summed E-state index contributed by atoms with van der Waals surface area (Å²) in [5.74, 6) is 2.47. The molecule has 8 nitrogen and oxygen atoms in total. The fraction of sp³-hybridized carbons (Fsp3) is 0.387. The van der Waals surface area contributed by atoms with Crippen molar-refractivity contribution >= 4 is 39.2 Å². The molecular formula is C31H35N3O5S. The smallest absolute Gasteiger partial charge is 0.323 e. The summed E-state index contributed by atoms with van der Waals surface area (Å²) in [6.45, 7) is 3.86. The Morgan fingerprint density at radius 3 is 2.42 bits per heavy atom. The molecule has 2 aromatic carbocycles. The number of anilines is 1. The lowest BCUT2D eigenvalue weighted by Crippen LogP contribution is -2.32. The number of carbonyl (C=O) groups excluding carboxylic acids is 1. The molecule has 0 aliphatic heterocycles. The fourth-order valence-electron chi connectivity index (χ4n) is 5.62. The van der Waals surface area contributed by atoms with Crippen LogP contribution < -0.4 is 14.4 Å². The van der Waals surface area contributed by atoms with E-state index in [4.69, 9.17) is 14.5 Å². The van der Waals surface area contributed by atoms with Gasteiger partial charge in [0.1, 0.15) is 23.7 Å². The number of fused-ring (bicyclic) bond motifs is 2. The van der Waals surface area contributed by atoms with Crippen molar-refractivity contribution in [1.29, 1.82) is 0 Å². The average molecular weight is 562 g/mol. The molecule has 2 aliphatic rings. The highest BCUT2D eigenvalue weighted by molar-refractivity contribution is 7.14. The van der Waals surface area contributed by atoms with Crippen LogP contribution in [0.4, 0.5) is 5.13 Å². The van der Waals surface area contributed by atoms with Crippen LogP contribution in [0.3, 0.4) is 0 Å². The van der Waals surface area contributed by atoms with Gasteiger partial charge in [0, 0.05) is 28.4 Å². The topological polar surface area (TPSA) is 93.9 Å². The van der Waals surface area contributed by atoms with E-state index >= 15 is 0 Å². The molecule has 210 valence electrons. The first-order chi connectivity index (χ1) is 19.3. The van der Waals surface area contributed by atoms with Crippen LogP contribution in [0.25, 0.3) is 22.2 Å². The van der Waals surface area contributed by atoms with Gasteiger partial charge < -0.3 is 19.1 Å². The lowest BCUT2D eigenvalue weighted by Gasteiger charge is -2.19. The van der Waals surface area contributed by atoms with E-state index in [1.165, 1.54) is 34.2 Å². The van der Waals surface area contributed by atoms with Crippen molar-refractivity contribution in [2.24, 2.45) is 11.8 Å². The molecule has 9 heteroatoms. The maximum Gasteiger partial charge on any atom is 0.323 e. The van der Waals surface area contributed by atoms with Gasteiger partial charge in [0.2, 0.25) is 0 Å². The molecular weight excluding hydrogens is 526 g/mol.